The number of likely N-dealkylation sites (N-methyl/N-ethyl adjacent to an activating group) is 1. The minimum Gasteiger partial charge on any atom is -0.301 e. The third-order valence-electron chi connectivity index (χ3n) is 5.35. The molecule has 0 saturated carbocycles. The number of thiophene rings is 1. The molecular weight excluding hydrogens is 332 g/mol. The van der Waals surface area contributed by atoms with Gasteiger partial charge in [-0.05, 0) is 49.4 Å². The molecule has 6 heteroatoms. The summed E-state index contributed by atoms with van der Waals surface area (Å²) in [7, 11) is 2.12. The van der Waals surface area contributed by atoms with E-state index in [1.807, 2.05) is 6.20 Å². The van der Waals surface area contributed by atoms with Crippen LogP contribution in [0.15, 0.2) is 23.4 Å². The number of fused-ring (bicyclic) bond motifs is 4. The first-order chi connectivity index (χ1) is 12.2. The number of hydrogen-bond donors (Lipinski definition) is 0. The minimum atomic E-state index is 0.0903. The predicted octanol–water partition coefficient (Wildman–Crippen LogP) is 2.38. The maximum atomic E-state index is 13.1. The van der Waals surface area contributed by atoms with E-state index in [1.54, 1.807) is 22.2 Å². The molecule has 2 aliphatic rings. The van der Waals surface area contributed by atoms with Crippen LogP contribution in [0.5, 0.6) is 0 Å². The fourth-order valence-electron chi connectivity index (χ4n) is 4.02. The molecule has 0 spiro atoms. The van der Waals surface area contributed by atoms with Gasteiger partial charge in [-0.1, -0.05) is 6.07 Å². The lowest BCUT2D eigenvalue weighted by Crippen LogP contribution is -2.27. The lowest BCUT2D eigenvalue weighted by molar-refractivity contribution is 0.318. The Morgan fingerprint density at radius 2 is 2.16 bits per heavy atom. The molecule has 5 nitrogen and oxygen atoms in total. The van der Waals surface area contributed by atoms with E-state index in [2.05, 4.69) is 28.0 Å². The van der Waals surface area contributed by atoms with Crippen molar-refractivity contribution in [3.63, 3.8) is 0 Å². The molecule has 0 aromatic carbocycles. The topological polar surface area (TPSA) is 51.0 Å². The highest BCUT2D eigenvalue weighted by molar-refractivity contribution is 7.18. The molecule has 0 radical (unpaired) electrons. The first kappa shape index (κ1) is 15.2. The van der Waals surface area contributed by atoms with Gasteiger partial charge in [0.2, 0.25) is 0 Å². The van der Waals surface area contributed by atoms with Gasteiger partial charge in [-0.25, -0.2) is 4.98 Å². The quantitative estimate of drug-likeness (QED) is 0.711. The highest BCUT2D eigenvalue weighted by Gasteiger charge is 2.22. The number of rotatable bonds is 2. The van der Waals surface area contributed by atoms with Crippen molar-refractivity contribution in [3.8, 4) is 0 Å². The van der Waals surface area contributed by atoms with Crippen LogP contribution in [-0.2, 0) is 32.4 Å². The highest BCUT2D eigenvalue weighted by atomic mass is 32.1. The van der Waals surface area contributed by atoms with Crippen molar-refractivity contribution in [2.24, 2.45) is 0 Å². The Balaban J connectivity index is 1.56. The first-order valence-electron chi connectivity index (χ1n) is 8.84. The molecule has 1 aliphatic carbocycles. The third-order valence-corrected chi connectivity index (χ3v) is 6.47. The Morgan fingerprint density at radius 1 is 1.24 bits per heavy atom. The molecule has 1 aliphatic heterocycles. The summed E-state index contributed by atoms with van der Waals surface area (Å²) in [5.41, 5.74) is 4.97. The van der Waals surface area contributed by atoms with Gasteiger partial charge in [-0.3, -0.25) is 14.3 Å². The smallest absolute Gasteiger partial charge is 0.262 e. The van der Waals surface area contributed by atoms with Crippen LogP contribution in [0, 0.1) is 0 Å². The third kappa shape index (κ3) is 2.51. The van der Waals surface area contributed by atoms with Gasteiger partial charge in [-0.15, -0.1) is 11.3 Å². The van der Waals surface area contributed by atoms with Gasteiger partial charge in [0.15, 0.2) is 0 Å². The average molecular weight is 352 g/mol. The highest BCUT2D eigenvalue weighted by Crippen LogP contribution is 2.31. The summed E-state index contributed by atoms with van der Waals surface area (Å²) in [6.07, 6.45) is 7.93. The molecule has 0 unspecified atom stereocenters. The van der Waals surface area contributed by atoms with Crippen molar-refractivity contribution in [1.82, 2.24) is 19.4 Å². The number of nitrogens with zero attached hydrogens (tertiary/aromatic N) is 4. The average Bonchev–Trinajstić information content (AvgIpc) is 3.20. The van der Waals surface area contributed by atoms with Gasteiger partial charge in [-0.2, -0.15) is 0 Å². The normalized spacial score (nSPS) is 17.0. The number of aromatic nitrogens is 3. The summed E-state index contributed by atoms with van der Waals surface area (Å²) in [4.78, 5) is 26.7. The fraction of sp³-hybridized carbons (Fsp3) is 0.421. The van der Waals surface area contributed by atoms with Gasteiger partial charge < -0.3 is 4.90 Å². The van der Waals surface area contributed by atoms with Crippen molar-refractivity contribution in [2.45, 2.75) is 38.8 Å². The summed E-state index contributed by atoms with van der Waals surface area (Å²) in [6, 6.07) is 2.21. The molecule has 0 bridgehead atoms. The van der Waals surface area contributed by atoms with Gasteiger partial charge >= 0.3 is 0 Å². The van der Waals surface area contributed by atoms with Crippen molar-refractivity contribution in [2.75, 3.05) is 13.6 Å². The second kappa shape index (κ2) is 5.75. The Labute approximate surface area is 150 Å². The van der Waals surface area contributed by atoms with Crippen molar-refractivity contribution in [3.05, 3.63) is 56.2 Å². The summed E-state index contributed by atoms with van der Waals surface area (Å²) >= 11 is 1.67. The SMILES string of the molecule is CN1CCc2c(sc3ncn(Cc4cnc5c(c4)CCC5)c(=O)c23)C1. The Bertz CT molecular complexity index is 1040. The molecule has 4 heterocycles. The van der Waals surface area contributed by atoms with E-state index in [0.717, 1.165) is 48.1 Å². The molecule has 128 valence electrons. The van der Waals surface area contributed by atoms with E-state index >= 15 is 0 Å². The van der Waals surface area contributed by atoms with Crippen LogP contribution >= 0.6 is 11.3 Å². The monoisotopic (exact) mass is 352 g/mol. The van der Waals surface area contributed by atoms with Crippen molar-refractivity contribution >= 4 is 21.6 Å². The summed E-state index contributed by atoms with van der Waals surface area (Å²) in [6.45, 7) is 2.47. The van der Waals surface area contributed by atoms with Gasteiger partial charge in [0.25, 0.3) is 5.56 Å². The molecule has 0 fully saturated rings. The summed E-state index contributed by atoms with van der Waals surface area (Å²) in [5, 5.41) is 0.838. The molecule has 25 heavy (non-hydrogen) atoms. The fourth-order valence-corrected chi connectivity index (χ4v) is 5.28. The maximum Gasteiger partial charge on any atom is 0.262 e. The van der Waals surface area contributed by atoms with E-state index in [-0.39, 0.29) is 5.56 Å². The van der Waals surface area contributed by atoms with Crippen molar-refractivity contribution in [1.29, 1.82) is 0 Å². The molecule has 5 rings (SSSR count). The van der Waals surface area contributed by atoms with Crippen molar-refractivity contribution < 1.29 is 0 Å². The van der Waals surface area contributed by atoms with E-state index in [4.69, 9.17) is 0 Å². The zero-order chi connectivity index (χ0) is 17.0. The van der Waals surface area contributed by atoms with Crippen LogP contribution < -0.4 is 5.56 Å². The van der Waals surface area contributed by atoms with Crippen LogP contribution in [0.4, 0.5) is 0 Å². The number of hydrogen-bond acceptors (Lipinski definition) is 5. The van der Waals surface area contributed by atoms with Gasteiger partial charge in [0.05, 0.1) is 18.3 Å². The largest absolute Gasteiger partial charge is 0.301 e. The molecule has 0 N–H and O–H groups in total. The van der Waals surface area contributed by atoms with Crippen LogP contribution in [0.1, 0.15) is 33.7 Å². The second-order valence-electron chi connectivity index (χ2n) is 7.15. The Morgan fingerprint density at radius 3 is 3.08 bits per heavy atom. The molecular formula is C19H20N4OS. The number of aryl methyl sites for hydroxylation is 2. The number of pyridine rings is 1. The van der Waals surface area contributed by atoms with Crippen LogP contribution in [0.3, 0.4) is 0 Å². The molecule has 3 aromatic rings. The summed E-state index contributed by atoms with van der Waals surface area (Å²) in [5.74, 6) is 0. The van der Waals surface area contributed by atoms with Crippen LogP contribution in [0.2, 0.25) is 0 Å². The molecule has 0 atom stereocenters. The first-order valence-corrected chi connectivity index (χ1v) is 9.65. The Hall–Kier alpha value is -2.05. The zero-order valence-corrected chi connectivity index (χ0v) is 15.1. The Kier molecular flexibility index (Phi) is 3.50. The maximum absolute atomic E-state index is 13.1. The van der Waals surface area contributed by atoms with E-state index < -0.39 is 0 Å². The summed E-state index contributed by atoms with van der Waals surface area (Å²) < 4.78 is 1.74. The second-order valence-corrected chi connectivity index (χ2v) is 8.24. The van der Waals surface area contributed by atoms with Gasteiger partial charge in [0, 0.05) is 29.9 Å². The zero-order valence-electron chi connectivity index (χ0n) is 14.3. The van der Waals surface area contributed by atoms with E-state index in [1.165, 1.54) is 28.1 Å². The lowest BCUT2D eigenvalue weighted by atomic mass is 10.1. The van der Waals surface area contributed by atoms with Gasteiger partial charge in [0.1, 0.15) is 4.83 Å². The minimum absolute atomic E-state index is 0.0903. The standard InChI is InChI=1S/C19H20N4OS/c1-22-6-5-14-16(10-22)25-18-17(14)19(24)23(11-21-18)9-12-7-13-3-2-4-15(13)20-8-12/h7-8,11H,2-6,9-10H2,1H3. The van der Waals surface area contributed by atoms with Crippen LogP contribution in [-0.4, -0.2) is 33.0 Å². The molecule has 0 amide bonds. The predicted molar refractivity (Wildman–Crippen MR) is 99.3 cm³/mol. The molecule has 0 saturated heterocycles. The van der Waals surface area contributed by atoms with E-state index in [0.29, 0.717) is 6.54 Å². The van der Waals surface area contributed by atoms with E-state index in [9.17, 15) is 4.79 Å². The molecule has 3 aromatic heterocycles. The van der Waals surface area contributed by atoms with Crippen LogP contribution in [0.25, 0.3) is 10.2 Å². The lowest BCUT2D eigenvalue weighted by Gasteiger charge is -2.21.